The van der Waals surface area contributed by atoms with Crippen LogP contribution in [0.5, 0.6) is 0 Å². The summed E-state index contributed by atoms with van der Waals surface area (Å²) < 4.78 is 0. The maximum atomic E-state index is 10.9. The van der Waals surface area contributed by atoms with E-state index < -0.39 is 4.92 Å². The number of benzene rings is 1. The summed E-state index contributed by atoms with van der Waals surface area (Å²) in [5, 5.41) is 16.9. The number of nitrogens with one attached hydrogen (secondary N) is 1. The summed E-state index contributed by atoms with van der Waals surface area (Å²) in [5.41, 5.74) is 1.30. The average Bonchev–Trinajstić information content (AvgIpc) is 2.85. The van der Waals surface area contributed by atoms with E-state index >= 15 is 0 Å². The van der Waals surface area contributed by atoms with Gasteiger partial charge >= 0.3 is 0 Å². The molecule has 1 aromatic carbocycles. The van der Waals surface area contributed by atoms with E-state index in [1.54, 1.807) is 6.07 Å². The Morgan fingerprint density at radius 1 is 1.50 bits per heavy atom. The van der Waals surface area contributed by atoms with Crippen molar-refractivity contribution in [1.82, 2.24) is 4.98 Å². The van der Waals surface area contributed by atoms with E-state index in [1.807, 2.05) is 5.38 Å². The number of halogens is 1. The molecule has 0 unspecified atom stereocenters. The summed E-state index contributed by atoms with van der Waals surface area (Å²) >= 11 is 7.28. The first-order valence-corrected chi connectivity index (χ1v) is 7.37. The summed E-state index contributed by atoms with van der Waals surface area (Å²) in [7, 11) is 0. The molecule has 0 saturated carbocycles. The van der Waals surface area contributed by atoms with Crippen molar-refractivity contribution in [3.05, 3.63) is 38.7 Å². The number of thiazole rings is 1. The lowest BCUT2D eigenvalue weighted by molar-refractivity contribution is -0.384. The molecule has 0 amide bonds. The van der Waals surface area contributed by atoms with Crippen LogP contribution in [0.2, 0.25) is 5.02 Å². The van der Waals surface area contributed by atoms with Crippen molar-refractivity contribution in [2.24, 2.45) is 5.92 Å². The molecular weight excluding hydrogens is 298 g/mol. The molecule has 0 bridgehead atoms. The number of rotatable bonds is 5. The van der Waals surface area contributed by atoms with Gasteiger partial charge in [0.25, 0.3) is 5.69 Å². The highest BCUT2D eigenvalue weighted by Gasteiger charge is 2.15. The van der Waals surface area contributed by atoms with Crippen LogP contribution in [-0.4, -0.2) is 16.5 Å². The van der Waals surface area contributed by atoms with Crippen LogP contribution in [0.1, 0.15) is 13.8 Å². The third-order valence-corrected chi connectivity index (χ3v) is 3.72. The van der Waals surface area contributed by atoms with Crippen molar-refractivity contribution >= 4 is 33.8 Å². The first kappa shape index (κ1) is 14.7. The van der Waals surface area contributed by atoms with E-state index in [2.05, 4.69) is 24.1 Å². The molecule has 0 radical (unpaired) electrons. The zero-order valence-electron chi connectivity index (χ0n) is 11.1. The second kappa shape index (κ2) is 6.19. The topological polar surface area (TPSA) is 68.1 Å². The molecule has 0 saturated heterocycles. The third kappa shape index (κ3) is 3.46. The molecule has 1 aromatic heterocycles. The Bertz CT molecular complexity index is 628. The Labute approximate surface area is 125 Å². The minimum atomic E-state index is -0.490. The Morgan fingerprint density at radius 2 is 2.25 bits per heavy atom. The molecule has 0 fully saturated rings. The van der Waals surface area contributed by atoms with Crippen LogP contribution >= 0.6 is 22.9 Å². The number of hydrogen-bond acceptors (Lipinski definition) is 5. The van der Waals surface area contributed by atoms with Gasteiger partial charge in [-0.05, 0) is 12.0 Å². The maximum absolute atomic E-state index is 10.9. The van der Waals surface area contributed by atoms with E-state index in [9.17, 15) is 10.1 Å². The Hall–Kier alpha value is -1.66. The molecule has 2 rings (SSSR count). The Kier molecular flexibility index (Phi) is 4.57. The standard InChI is InChI=1S/C13H14ClN3O2S/c1-8(2)6-15-13-16-11(7-20-13)9-3-4-10(14)12(5-9)17(18)19/h3-5,7-8H,6H2,1-2H3,(H,15,16). The van der Waals surface area contributed by atoms with Crippen molar-refractivity contribution in [2.45, 2.75) is 13.8 Å². The first-order chi connectivity index (χ1) is 9.47. The summed E-state index contributed by atoms with van der Waals surface area (Å²) in [5.74, 6) is 0.527. The van der Waals surface area contributed by atoms with Gasteiger partial charge in [-0.2, -0.15) is 0 Å². The highest BCUT2D eigenvalue weighted by molar-refractivity contribution is 7.14. The molecule has 0 aliphatic carbocycles. The molecule has 0 aliphatic rings. The van der Waals surface area contributed by atoms with Crippen molar-refractivity contribution in [2.75, 3.05) is 11.9 Å². The van der Waals surface area contributed by atoms with Crippen LogP contribution in [-0.2, 0) is 0 Å². The van der Waals surface area contributed by atoms with E-state index in [0.29, 0.717) is 17.2 Å². The normalized spacial score (nSPS) is 10.8. The monoisotopic (exact) mass is 311 g/mol. The van der Waals surface area contributed by atoms with E-state index in [-0.39, 0.29) is 10.7 Å². The van der Waals surface area contributed by atoms with Crippen LogP contribution in [0, 0.1) is 16.0 Å². The van der Waals surface area contributed by atoms with Gasteiger partial charge in [-0.3, -0.25) is 10.1 Å². The van der Waals surface area contributed by atoms with Crippen LogP contribution in [0.3, 0.4) is 0 Å². The molecule has 0 atom stereocenters. The maximum Gasteiger partial charge on any atom is 0.288 e. The zero-order valence-corrected chi connectivity index (χ0v) is 12.7. The van der Waals surface area contributed by atoms with Crippen molar-refractivity contribution in [3.63, 3.8) is 0 Å². The van der Waals surface area contributed by atoms with Crippen molar-refractivity contribution < 1.29 is 4.92 Å². The molecular formula is C13H14ClN3O2S. The summed E-state index contributed by atoms with van der Waals surface area (Å²) in [6, 6.07) is 4.70. The summed E-state index contributed by atoms with van der Waals surface area (Å²) in [6.07, 6.45) is 0. The van der Waals surface area contributed by atoms with E-state index in [0.717, 1.165) is 11.7 Å². The number of nitrogens with zero attached hydrogens (tertiary/aromatic N) is 2. The van der Waals surface area contributed by atoms with Gasteiger partial charge in [0.1, 0.15) is 5.02 Å². The second-order valence-corrected chi connectivity index (χ2v) is 6.00. The number of aromatic nitrogens is 1. The number of nitro benzene ring substituents is 1. The van der Waals surface area contributed by atoms with Gasteiger partial charge in [0, 0.05) is 23.6 Å². The smallest absolute Gasteiger partial charge is 0.288 e. The van der Waals surface area contributed by atoms with Crippen LogP contribution in [0.4, 0.5) is 10.8 Å². The van der Waals surface area contributed by atoms with Gasteiger partial charge in [0.05, 0.1) is 10.6 Å². The average molecular weight is 312 g/mol. The van der Waals surface area contributed by atoms with E-state index in [4.69, 9.17) is 11.6 Å². The van der Waals surface area contributed by atoms with Gasteiger partial charge in [0.2, 0.25) is 0 Å². The minimum Gasteiger partial charge on any atom is -0.361 e. The fraction of sp³-hybridized carbons (Fsp3) is 0.308. The molecule has 1 heterocycles. The van der Waals surface area contributed by atoms with Crippen LogP contribution in [0.25, 0.3) is 11.3 Å². The molecule has 0 spiro atoms. The van der Waals surface area contributed by atoms with Crippen LogP contribution < -0.4 is 5.32 Å². The highest BCUT2D eigenvalue weighted by Crippen LogP contribution is 2.31. The fourth-order valence-corrected chi connectivity index (χ4v) is 2.51. The van der Waals surface area contributed by atoms with Crippen molar-refractivity contribution in [1.29, 1.82) is 0 Å². The van der Waals surface area contributed by atoms with Gasteiger partial charge in [0.15, 0.2) is 5.13 Å². The lowest BCUT2D eigenvalue weighted by Crippen LogP contribution is -2.07. The summed E-state index contributed by atoms with van der Waals surface area (Å²) in [6.45, 7) is 5.07. The molecule has 0 aliphatic heterocycles. The minimum absolute atomic E-state index is 0.103. The molecule has 5 nitrogen and oxygen atoms in total. The Balaban J connectivity index is 2.24. The molecule has 2 aromatic rings. The number of anilines is 1. The molecule has 1 N–H and O–H groups in total. The van der Waals surface area contributed by atoms with Gasteiger partial charge < -0.3 is 5.32 Å². The summed E-state index contributed by atoms with van der Waals surface area (Å²) in [4.78, 5) is 14.8. The predicted octanol–water partition coefficient (Wildman–Crippen LogP) is 4.44. The zero-order chi connectivity index (χ0) is 14.7. The quantitative estimate of drug-likeness (QED) is 0.654. The predicted molar refractivity (Wildman–Crippen MR) is 82.5 cm³/mol. The lowest BCUT2D eigenvalue weighted by Gasteiger charge is -2.04. The fourth-order valence-electron chi connectivity index (χ4n) is 1.59. The molecule has 20 heavy (non-hydrogen) atoms. The van der Waals surface area contributed by atoms with E-state index in [1.165, 1.54) is 23.5 Å². The Morgan fingerprint density at radius 3 is 2.90 bits per heavy atom. The SMILES string of the molecule is CC(C)CNc1nc(-c2ccc(Cl)c([N+](=O)[O-])c2)cs1. The highest BCUT2D eigenvalue weighted by atomic mass is 35.5. The van der Waals surface area contributed by atoms with Crippen LogP contribution in [0.15, 0.2) is 23.6 Å². The van der Waals surface area contributed by atoms with Gasteiger partial charge in [-0.25, -0.2) is 4.98 Å². The number of nitro groups is 1. The molecule has 106 valence electrons. The largest absolute Gasteiger partial charge is 0.361 e. The molecule has 7 heteroatoms. The first-order valence-electron chi connectivity index (χ1n) is 6.11. The second-order valence-electron chi connectivity index (χ2n) is 4.74. The van der Waals surface area contributed by atoms with Crippen molar-refractivity contribution in [3.8, 4) is 11.3 Å². The lowest BCUT2D eigenvalue weighted by atomic mass is 10.1. The third-order valence-electron chi connectivity index (χ3n) is 2.60. The number of hydrogen-bond donors (Lipinski definition) is 1. The van der Waals surface area contributed by atoms with Gasteiger partial charge in [-0.1, -0.05) is 31.5 Å². The van der Waals surface area contributed by atoms with Gasteiger partial charge in [-0.15, -0.1) is 11.3 Å².